The van der Waals surface area contributed by atoms with Crippen LogP contribution >= 0.6 is 0 Å². The van der Waals surface area contributed by atoms with E-state index in [2.05, 4.69) is 10.5 Å². The molecule has 0 aromatic heterocycles. The number of benzene rings is 3. The highest BCUT2D eigenvalue weighted by Crippen LogP contribution is 2.18. The highest BCUT2D eigenvalue weighted by atomic mass is 32.2. The van der Waals surface area contributed by atoms with Gasteiger partial charge >= 0.3 is 10.1 Å². The molecule has 0 radical (unpaired) electrons. The molecule has 0 aliphatic carbocycles. The van der Waals surface area contributed by atoms with Crippen molar-refractivity contribution < 1.29 is 22.1 Å². The number of nitrogens with one attached hydrogen (secondary N) is 1. The van der Waals surface area contributed by atoms with Crippen LogP contribution in [0.5, 0.6) is 11.5 Å². The summed E-state index contributed by atoms with van der Waals surface area (Å²) < 4.78 is 34.6. The number of methoxy groups -OCH3 is 1. The van der Waals surface area contributed by atoms with E-state index in [4.69, 9.17) is 8.92 Å². The van der Waals surface area contributed by atoms with E-state index in [0.717, 1.165) is 0 Å². The summed E-state index contributed by atoms with van der Waals surface area (Å²) >= 11 is 0. The summed E-state index contributed by atoms with van der Waals surface area (Å²) in [6.45, 7) is 0. The Bertz CT molecular complexity index is 1090. The van der Waals surface area contributed by atoms with Crippen molar-refractivity contribution in [2.45, 2.75) is 4.90 Å². The van der Waals surface area contributed by atoms with E-state index in [-0.39, 0.29) is 16.6 Å². The molecule has 0 fully saturated rings. The summed E-state index contributed by atoms with van der Waals surface area (Å²) in [4.78, 5) is 12.1. The fourth-order valence-electron chi connectivity index (χ4n) is 2.34. The third kappa shape index (κ3) is 5.43. The van der Waals surface area contributed by atoms with Gasteiger partial charge in [0.1, 0.15) is 16.4 Å². The van der Waals surface area contributed by atoms with E-state index in [1.807, 2.05) is 0 Å². The fourth-order valence-corrected chi connectivity index (χ4v) is 3.29. The Morgan fingerprint density at radius 3 is 2.14 bits per heavy atom. The minimum Gasteiger partial charge on any atom is -0.497 e. The van der Waals surface area contributed by atoms with Crippen molar-refractivity contribution in [2.75, 3.05) is 7.11 Å². The quantitative estimate of drug-likeness (QED) is 0.367. The standard InChI is InChI=1S/C21H18N2O5S/c1-27-18-13-9-17(10-14-18)21(24)23-22-15-16-7-11-19(12-8-16)28-29(25,26)20-5-3-2-4-6-20/h2-15H,1H3,(H,23,24). The maximum Gasteiger partial charge on any atom is 0.339 e. The zero-order chi connectivity index (χ0) is 20.7. The molecule has 0 bridgehead atoms. The molecule has 0 atom stereocenters. The van der Waals surface area contributed by atoms with Gasteiger partial charge in [0.15, 0.2) is 0 Å². The van der Waals surface area contributed by atoms with Crippen LogP contribution in [0, 0.1) is 0 Å². The lowest BCUT2D eigenvalue weighted by atomic mass is 10.2. The van der Waals surface area contributed by atoms with E-state index in [9.17, 15) is 13.2 Å². The van der Waals surface area contributed by atoms with Crippen LogP contribution in [-0.4, -0.2) is 27.6 Å². The fraction of sp³-hybridized carbons (Fsp3) is 0.0476. The first-order chi connectivity index (χ1) is 14.0. The number of hydrogen-bond acceptors (Lipinski definition) is 6. The number of nitrogens with zero attached hydrogens (tertiary/aromatic N) is 1. The summed E-state index contributed by atoms with van der Waals surface area (Å²) in [6.07, 6.45) is 1.44. The largest absolute Gasteiger partial charge is 0.497 e. The summed E-state index contributed by atoms with van der Waals surface area (Å²) in [7, 11) is -2.34. The number of carbonyl (C=O) groups is 1. The van der Waals surface area contributed by atoms with Gasteiger partial charge in [0, 0.05) is 5.56 Å². The Labute approximate surface area is 168 Å². The first kappa shape index (κ1) is 20.1. The second kappa shape index (κ2) is 9.03. The molecule has 3 aromatic carbocycles. The van der Waals surface area contributed by atoms with Gasteiger partial charge in [0.25, 0.3) is 5.91 Å². The molecule has 7 nitrogen and oxygen atoms in total. The van der Waals surface area contributed by atoms with Crippen LogP contribution < -0.4 is 14.3 Å². The zero-order valence-electron chi connectivity index (χ0n) is 15.5. The lowest BCUT2D eigenvalue weighted by molar-refractivity contribution is 0.0955. The van der Waals surface area contributed by atoms with Gasteiger partial charge in [0.05, 0.1) is 13.3 Å². The Morgan fingerprint density at radius 1 is 0.897 bits per heavy atom. The topological polar surface area (TPSA) is 94.1 Å². The predicted octanol–water partition coefficient (Wildman–Crippen LogP) is 3.23. The van der Waals surface area contributed by atoms with E-state index in [1.165, 1.54) is 30.5 Å². The first-order valence-corrected chi connectivity index (χ1v) is 9.96. The minimum absolute atomic E-state index is 0.0758. The molecule has 0 heterocycles. The Kier molecular flexibility index (Phi) is 6.25. The smallest absolute Gasteiger partial charge is 0.339 e. The highest BCUT2D eigenvalue weighted by Gasteiger charge is 2.15. The monoisotopic (exact) mass is 410 g/mol. The Balaban J connectivity index is 1.59. The molecular formula is C21H18N2O5S. The number of hydrogen-bond donors (Lipinski definition) is 1. The molecular weight excluding hydrogens is 392 g/mol. The Hall–Kier alpha value is -3.65. The lowest BCUT2D eigenvalue weighted by Gasteiger charge is -2.07. The minimum atomic E-state index is -3.89. The summed E-state index contributed by atoms with van der Waals surface area (Å²) in [5, 5.41) is 3.90. The normalized spacial score (nSPS) is 11.2. The highest BCUT2D eigenvalue weighted by molar-refractivity contribution is 7.87. The molecule has 0 unspecified atom stereocenters. The molecule has 1 amide bonds. The van der Waals surface area contributed by atoms with Crippen molar-refractivity contribution in [3.63, 3.8) is 0 Å². The SMILES string of the molecule is COc1ccc(C(=O)NN=Cc2ccc(OS(=O)(=O)c3ccccc3)cc2)cc1. The third-order valence-corrected chi connectivity index (χ3v) is 5.11. The molecule has 3 rings (SSSR count). The molecule has 0 spiro atoms. The molecule has 0 saturated heterocycles. The average Bonchev–Trinajstić information content (AvgIpc) is 2.75. The van der Waals surface area contributed by atoms with Crippen molar-refractivity contribution >= 4 is 22.2 Å². The molecule has 1 N–H and O–H groups in total. The molecule has 8 heteroatoms. The van der Waals surface area contributed by atoms with Gasteiger partial charge in [-0.1, -0.05) is 18.2 Å². The summed E-state index contributed by atoms with van der Waals surface area (Å²) in [5.41, 5.74) is 3.52. The van der Waals surface area contributed by atoms with Crippen molar-refractivity contribution in [3.8, 4) is 11.5 Å². The van der Waals surface area contributed by atoms with Gasteiger partial charge in [-0.2, -0.15) is 13.5 Å². The average molecular weight is 410 g/mol. The Morgan fingerprint density at radius 2 is 1.52 bits per heavy atom. The van der Waals surface area contributed by atoms with Crippen LogP contribution in [0.15, 0.2) is 88.9 Å². The van der Waals surface area contributed by atoms with Crippen molar-refractivity contribution in [2.24, 2.45) is 5.10 Å². The number of ether oxygens (including phenoxy) is 1. The van der Waals surface area contributed by atoms with Gasteiger partial charge < -0.3 is 8.92 Å². The van der Waals surface area contributed by atoms with Crippen LogP contribution in [0.2, 0.25) is 0 Å². The zero-order valence-corrected chi connectivity index (χ0v) is 16.3. The summed E-state index contributed by atoms with van der Waals surface area (Å²) in [5.74, 6) is 0.465. The lowest BCUT2D eigenvalue weighted by Crippen LogP contribution is -2.17. The second-order valence-corrected chi connectivity index (χ2v) is 7.39. The van der Waals surface area contributed by atoms with E-state index < -0.39 is 10.1 Å². The van der Waals surface area contributed by atoms with E-state index in [0.29, 0.717) is 16.9 Å². The molecule has 148 valence electrons. The molecule has 3 aromatic rings. The van der Waals surface area contributed by atoms with Gasteiger partial charge in [0.2, 0.25) is 0 Å². The van der Waals surface area contributed by atoms with Gasteiger partial charge in [-0.05, 0) is 66.2 Å². The number of hydrazone groups is 1. The van der Waals surface area contributed by atoms with E-state index >= 15 is 0 Å². The van der Waals surface area contributed by atoms with Crippen LogP contribution in [0.3, 0.4) is 0 Å². The predicted molar refractivity (Wildman–Crippen MR) is 109 cm³/mol. The van der Waals surface area contributed by atoms with Crippen molar-refractivity contribution in [3.05, 3.63) is 90.0 Å². The first-order valence-electron chi connectivity index (χ1n) is 8.55. The van der Waals surface area contributed by atoms with Crippen LogP contribution in [0.4, 0.5) is 0 Å². The van der Waals surface area contributed by atoms with Crippen molar-refractivity contribution in [1.29, 1.82) is 0 Å². The maximum absolute atomic E-state index is 12.2. The maximum atomic E-state index is 12.2. The number of carbonyl (C=O) groups excluding carboxylic acids is 1. The molecule has 0 saturated carbocycles. The van der Waals surface area contributed by atoms with Crippen LogP contribution in [0.1, 0.15) is 15.9 Å². The van der Waals surface area contributed by atoms with Gasteiger partial charge in [-0.15, -0.1) is 0 Å². The molecule has 29 heavy (non-hydrogen) atoms. The second-order valence-electron chi connectivity index (χ2n) is 5.85. The molecule has 0 aliphatic rings. The number of amides is 1. The van der Waals surface area contributed by atoms with Crippen LogP contribution in [0.25, 0.3) is 0 Å². The number of rotatable bonds is 7. The van der Waals surface area contributed by atoms with E-state index in [1.54, 1.807) is 61.7 Å². The van der Waals surface area contributed by atoms with Crippen LogP contribution in [-0.2, 0) is 10.1 Å². The molecule has 0 aliphatic heterocycles. The van der Waals surface area contributed by atoms with Gasteiger partial charge in [-0.25, -0.2) is 5.43 Å². The van der Waals surface area contributed by atoms with Gasteiger partial charge in [-0.3, -0.25) is 4.79 Å². The third-order valence-electron chi connectivity index (χ3n) is 3.85. The summed E-state index contributed by atoms with van der Waals surface area (Å²) in [6, 6.07) is 20.8. The van der Waals surface area contributed by atoms with Crippen molar-refractivity contribution in [1.82, 2.24) is 5.43 Å².